The highest BCUT2D eigenvalue weighted by molar-refractivity contribution is 5.71. The molecular weight excluding hydrogens is 226 g/mol. The molecule has 0 radical (unpaired) electrons. The number of hydrogen-bond donors (Lipinski definition) is 1. The Morgan fingerprint density at radius 1 is 1.06 bits per heavy atom. The predicted octanol–water partition coefficient (Wildman–Crippen LogP) is 2.76. The lowest BCUT2D eigenvalue weighted by atomic mass is 10.3. The third-order valence-electron chi connectivity index (χ3n) is 2.43. The van der Waals surface area contributed by atoms with E-state index in [0.717, 1.165) is 28.4 Å². The van der Waals surface area contributed by atoms with Gasteiger partial charge in [-0.05, 0) is 19.9 Å². The first-order chi connectivity index (χ1) is 8.74. The number of hydrogen-bond acceptors (Lipinski definition) is 3. The number of imidazole rings is 1. The molecule has 0 saturated heterocycles. The maximum absolute atomic E-state index is 4.50. The van der Waals surface area contributed by atoms with Crippen LogP contribution in [0.3, 0.4) is 0 Å². The number of rotatable bonds is 1. The van der Waals surface area contributed by atoms with Crippen LogP contribution in [0.25, 0.3) is 17.0 Å². The fourth-order valence-corrected chi connectivity index (χ4v) is 1.81. The molecule has 3 heterocycles. The summed E-state index contributed by atoms with van der Waals surface area (Å²) in [5.74, 6) is 0. The SMILES string of the molecule is CC.Cc1cn2cc(C)nc2c(-c2ccn[nH]2)n1. The standard InChI is InChI=1S/C11H11N5.C2H6/c1-7-5-16-6-8(2)14-11(16)10(13-7)9-3-4-12-15-9;1-2/h3-6H,1-2H3,(H,12,15);1-2H3. The van der Waals surface area contributed by atoms with Gasteiger partial charge in [-0.2, -0.15) is 5.10 Å². The summed E-state index contributed by atoms with van der Waals surface area (Å²) in [6.07, 6.45) is 5.67. The van der Waals surface area contributed by atoms with Crippen molar-refractivity contribution in [3.8, 4) is 11.4 Å². The Morgan fingerprint density at radius 2 is 1.72 bits per heavy atom. The van der Waals surface area contributed by atoms with Crippen molar-refractivity contribution >= 4 is 5.65 Å². The van der Waals surface area contributed by atoms with Crippen molar-refractivity contribution in [2.24, 2.45) is 0 Å². The molecule has 0 aromatic carbocycles. The van der Waals surface area contributed by atoms with Gasteiger partial charge in [0.15, 0.2) is 5.65 Å². The molecule has 3 rings (SSSR count). The van der Waals surface area contributed by atoms with Gasteiger partial charge < -0.3 is 4.40 Å². The second-order valence-corrected chi connectivity index (χ2v) is 3.81. The highest BCUT2D eigenvalue weighted by atomic mass is 15.1. The minimum absolute atomic E-state index is 0.839. The van der Waals surface area contributed by atoms with Crippen LogP contribution in [0.15, 0.2) is 24.7 Å². The van der Waals surface area contributed by atoms with Crippen LogP contribution in [0.2, 0.25) is 0 Å². The van der Waals surface area contributed by atoms with Crippen LogP contribution in [-0.2, 0) is 0 Å². The van der Waals surface area contributed by atoms with Crippen LogP contribution >= 0.6 is 0 Å². The Balaban J connectivity index is 0.000000574. The number of aromatic amines is 1. The van der Waals surface area contributed by atoms with Crippen molar-refractivity contribution in [2.75, 3.05) is 0 Å². The number of aryl methyl sites for hydroxylation is 2. The molecule has 1 N–H and O–H groups in total. The molecule has 0 saturated carbocycles. The molecule has 3 aromatic heterocycles. The van der Waals surface area contributed by atoms with Crippen molar-refractivity contribution in [2.45, 2.75) is 27.7 Å². The van der Waals surface area contributed by atoms with E-state index in [1.54, 1.807) is 6.20 Å². The normalized spacial score (nSPS) is 10.2. The molecule has 5 nitrogen and oxygen atoms in total. The van der Waals surface area contributed by atoms with Crippen molar-refractivity contribution in [3.63, 3.8) is 0 Å². The minimum Gasteiger partial charge on any atom is -0.303 e. The van der Waals surface area contributed by atoms with Crippen LogP contribution in [0.5, 0.6) is 0 Å². The number of H-pyrrole nitrogens is 1. The average Bonchev–Trinajstić information content (AvgIpc) is 2.98. The number of aromatic nitrogens is 5. The Kier molecular flexibility index (Phi) is 3.41. The van der Waals surface area contributed by atoms with Crippen molar-refractivity contribution in [3.05, 3.63) is 36.0 Å². The monoisotopic (exact) mass is 243 g/mol. The average molecular weight is 243 g/mol. The van der Waals surface area contributed by atoms with Crippen LogP contribution in [-0.4, -0.2) is 24.6 Å². The van der Waals surface area contributed by atoms with Gasteiger partial charge in [0.2, 0.25) is 0 Å². The Morgan fingerprint density at radius 3 is 2.33 bits per heavy atom. The van der Waals surface area contributed by atoms with Gasteiger partial charge in [0.25, 0.3) is 0 Å². The highest BCUT2D eigenvalue weighted by Gasteiger charge is 2.10. The van der Waals surface area contributed by atoms with E-state index >= 15 is 0 Å². The second kappa shape index (κ2) is 5.00. The van der Waals surface area contributed by atoms with E-state index in [1.165, 1.54) is 0 Å². The van der Waals surface area contributed by atoms with Gasteiger partial charge in [0.05, 0.1) is 17.1 Å². The molecule has 0 aliphatic carbocycles. The summed E-state index contributed by atoms with van der Waals surface area (Å²) in [5.41, 5.74) is 4.51. The molecule has 0 aliphatic rings. The predicted molar refractivity (Wildman–Crippen MR) is 71.4 cm³/mol. The second-order valence-electron chi connectivity index (χ2n) is 3.81. The first kappa shape index (κ1) is 12.3. The summed E-state index contributed by atoms with van der Waals surface area (Å²) < 4.78 is 1.99. The van der Waals surface area contributed by atoms with Gasteiger partial charge >= 0.3 is 0 Å². The zero-order valence-electron chi connectivity index (χ0n) is 11.1. The fraction of sp³-hybridized carbons (Fsp3) is 0.308. The number of nitrogens with zero attached hydrogens (tertiary/aromatic N) is 4. The van der Waals surface area contributed by atoms with Crippen molar-refractivity contribution in [1.29, 1.82) is 0 Å². The first-order valence-electron chi connectivity index (χ1n) is 6.07. The van der Waals surface area contributed by atoms with Crippen molar-refractivity contribution < 1.29 is 0 Å². The van der Waals surface area contributed by atoms with E-state index in [1.807, 2.05) is 50.6 Å². The highest BCUT2D eigenvalue weighted by Crippen LogP contribution is 2.20. The minimum atomic E-state index is 0.839. The van der Waals surface area contributed by atoms with Gasteiger partial charge in [0, 0.05) is 18.6 Å². The van der Waals surface area contributed by atoms with E-state index in [4.69, 9.17) is 0 Å². The van der Waals surface area contributed by atoms with E-state index < -0.39 is 0 Å². The van der Waals surface area contributed by atoms with Crippen LogP contribution in [0.1, 0.15) is 25.2 Å². The molecule has 0 aliphatic heterocycles. The Bertz CT molecular complexity index is 637. The maximum Gasteiger partial charge on any atom is 0.165 e. The summed E-state index contributed by atoms with van der Waals surface area (Å²) in [6.45, 7) is 7.94. The smallest absolute Gasteiger partial charge is 0.165 e. The lowest BCUT2D eigenvalue weighted by molar-refractivity contribution is 1.05. The summed E-state index contributed by atoms with van der Waals surface area (Å²) in [4.78, 5) is 8.97. The molecule has 0 unspecified atom stereocenters. The van der Waals surface area contributed by atoms with Gasteiger partial charge in [-0.25, -0.2) is 9.97 Å². The van der Waals surface area contributed by atoms with Gasteiger partial charge in [-0.15, -0.1) is 0 Å². The quantitative estimate of drug-likeness (QED) is 0.715. The fourth-order valence-electron chi connectivity index (χ4n) is 1.81. The van der Waals surface area contributed by atoms with E-state index in [0.29, 0.717) is 0 Å². The number of nitrogens with one attached hydrogen (secondary N) is 1. The topological polar surface area (TPSA) is 58.9 Å². The first-order valence-corrected chi connectivity index (χ1v) is 6.07. The summed E-state index contributed by atoms with van der Waals surface area (Å²) in [5, 5.41) is 6.86. The molecule has 3 aromatic rings. The summed E-state index contributed by atoms with van der Waals surface area (Å²) in [7, 11) is 0. The molecule has 5 heteroatoms. The van der Waals surface area contributed by atoms with E-state index in [9.17, 15) is 0 Å². The van der Waals surface area contributed by atoms with Gasteiger partial charge in [-0.3, -0.25) is 5.10 Å². The van der Waals surface area contributed by atoms with E-state index in [2.05, 4.69) is 20.2 Å². The third kappa shape index (κ3) is 2.11. The summed E-state index contributed by atoms with van der Waals surface area (Å²) >= 11 is 0. The van der Waals surface area contributed by atoms with Gasteiger partial charge in [0.1, 0.15) is 5.69 Å². The van der Waals surface area contributed by atoms with Gasteiger partial charge in [-0.1, -0.05) is 13.8 Å². The largest absolute Gasteiger partial charge is 0.303 e. The van der Waals surface area contributed by atoms with Crippen molar-refractivity contribution in [1.82, 2.24) is 24.6 Å². The molecular formula is C13H17N5. The zero-order chi connectivity index (χ0) is 13.1. The van der Waals surface area contributed by atoms with Crippen LogP contribution in [0, 0.1) is 13.8 Å². The molecule has 0 bridgehead atoms. The van der Waals surface area contributed by atoms with Crippen LogP contribution in [0.4, 0.5) is 0 Å². The molecule has 18 heavy (non-hydrogen) atoms. The van der Waals surface area contributed by atoms with Crippen LogP contribution < -0.4 is 0 Å². The molecule has 94 valence electrons. The molecule has 0 spiro atoms. The molecule has 0 fully saturated rings. The maximum atomic E-state index is 4.50. The zero-order valence-corrected chi connectivity index (χ0v) is 11.1. The molecule has 0 atom stereocenters. The lowest BCUT2D eigenvalue weighted by Gasteiger charge is -2.02. The summed E-state index contributed by atoms with van der Waals surface area (Å²) in [6, 6.07) is 1.89. The van der Waals surface area contributed by atoms with E-state index in [-0.39, 0.29) is 0 Å². The lowest BCUT2D eigenvalue weighted by Crippen LogP contribution is -1.95. The number of fused-ring (bicyclic) bond motifs is 1. The third-order valence-corrected chi connectivity index (χ3v) is 2.43. The Labute approximate surface area is 106 Å². The Hall–Kier alpha value is -2.17. The molecule has 0 amide bonds.